The summed E-state index contributed by atoms with van der Waals surface area (Å²) in [6, 6.07) is 2.76. The van der Waals surface area contributed by atoms with Gasteiger partial charge in [0, 0.05) is 51.0 Å². The zero-order valence-corrected chi connectivity index (χ0v) is 12.8. The minimum absolute atomic E-state index is 0.220. The van der Waals surface area contributed by atoms with Crippen molar-refractivity contribution < 1.29 is 0 Å². The second-order valence-corrected chi connectivity index (χ2v) is 6.33. The third-order valence-corrected chi connectivity index (χ3v) is 4.67. The number of hydrogen-bond acceptors (Lipinski definition) is 4. The van der Waals surface area contributed by atoms with E-state index in [9.17, 15) is 9.59 Å². The first-order valence-corrected chi connectivity index (χ1v) is 7.79. The molecule has 0 spiro atoms. The van der Waals surface area contributed by atoms with E-state index >= 15 is 0 Å². The van der Waals surface area contributed by atoms with Crippen LogP contribution in [0.15, 0.2) is 15.7 Å². The van der Waals surface area contributed by atoms with E-state index in [2.05, 4.69) is 10.2 Å². The number of rotatable bonds is 5. The minimum atomic E-state index is -0.243. The van der Waals surface area contributed by atoms with Crippen molar-refractivity contribution in [3.8, 4) is 0 Å². The molecule has 0 radical (unpaired) electrons. The summed E-state index contributed by atoms with van der Waals surface area (Å²) in [6.07, 6.45) is 4.92. The second kappa shape index (κ2) is 5.77. The van der Waals surface area contributed by atoms with Crippen LogP contribution in [0.4, 0.5) is 0 Å². The summed E-state index contributed by atoms with van der Waals surface area (Å²) in [5.74, 6) is 0. The predicted molar refractivity (Wildman–Crippen MR) is 81.4 cm³/mol. The first kappa shape index (κ1) is 14.5. The van der Waals surface area contributed by atoms with E-state index in [-0.39, 0.29) is 11.2 Å². The molecule has 1 saturated carbocycles. The Labute approximate surface area is 124 Å². The molecule has 1 aromatic heterocycles. The molecule has 21 heavy (non-hydrogen) atoms. The molecule has 1 N–H and O–H groups in total. The molecule has 1 aliphatic carbocycles. The van der Waals surface area contributed by atoms with Crippen LogP contribution in [-0.4, -0.2) is 39.2 Å². The van der Waals surface area contributed by atoms with Crippen molar-refractivity contribution >= 4 is 0 Å². The Bertz CT molecular complexity index is 624. The van der Waals surface area contributed by atoms with Crippen LogP contribution in [0.25, 0.3) is 0 Å². The molecule has 0 amide bonds. The molecule has 2 heterocycles. The molecule has 1 unspecified atom stereocenters. The number of nitrogens with one attached hydrogen (secondary N) is 1. The van der Waals surface area contributed by atoms with Crippen molar-refractivity contribution in [3.05, 3.63) is 32.6 Å². The zero-order valence-electron chi connectivity index (χ0n) is 12.8. The molecular weight excluding hydrogens is 268 g/mol. The number of nitrogens with zero attached hydrogens (tertiary/aromatic N) is 3. The Morgan fingerprint density at radius 2 is 2.00 bits per heavy atom. The lowest BCUT2D eigenvalue weighted by atomic mass is 10.2. The lowest BCUT2D eigenvalue weighted by Crippen LogP contribution is -2.42. The fourth-order valence-corrected chi connectivity index (χ4v) is 3.12. The van der Waals surface area contributed by atoms with E-state index in [1.807, 2.05) is 0 Å². The molecule has 1 saturated heterocycles. The zero-order chi connectivity index (χ0) is 15.0. The molecule has 0 aromatic carbocycles. The fourth-order valence-electron chi connectivity index (χ4n) is 3.12. The second-order valence-electron chi connectivity index (χ2n) is 6.33. The summed E-state index contributed by atoms with van der Waals surface area (Å²) < 4.78 is 2.75. The van der Waals surface area contributed by atoms with E-state index in [1.54, 1.807) is 17.7 Å². The molecule has 6 nitrogen and oxygen atoms in total. The Kier molecular flexibility index (Phi) is 3.99. The summed E-state index contributed by atoms with van der Waals surface area (Å²) in [5.41, 5.74) is 0.350. The molecule has 1 aliphatic heterocycles. The van der Waals surface area contributed by atoms with E-state index in [0.717, 1.165) is 23.4 Å². The van der Waals surface area contributed by atoms with Gasteiger partial charge in [0.05, 0.1) is 0 Å². The fraction of sp³-hybridized carbons (Fsp3) is 0.733. The van der Waals surface area contributed by atoms with Gasteiger partial charge in [0.25, 0.3) is 5.56 Å². The first-order chi connectivity index (χ1) is 10.1. The minimum Gasteiger partial charge on any atom is -0.313 e. The predicted octanol–water partition coefficient (Wildman–Crippen LogP) is -0.200. The highest BCUT2D eigenvalue weighted by Crippen LogP contribution is 2.28. The topological polar surface area (TPSA) is 59.3 Å². The van der Waals surface area contributed by atoms with E-state index in [0.29, 0.717) is 18.6 Å². The van der Waals surface area contributed by atoms with Gasteiger partial charge >= 0.3 is 5.69 Å². The van der Waals surface area contributed by atoms with Crippen molar-refractivity contribution in [1.82, 2.24) is 19.4 Å². The molecule has 2 aliphatic rings. The van der Waals surface area contributed by atoms with Crippen LogP contribution in [0.2, 0.25) is 0 Å². The van der Waals surface area contributed by atoms with Crippen molar-refractivity contribution in [2.24, 2.45) is 14.1 Å². The van der Waals surface area contributed by atoms with Crippen LogP contribution in [0.5, 0.6) is 0 Å². The van der Waals surface area contributed by atoms with Gasteiger partial charge in [-0.3, -0.25) is 18.8 Å². The van der Waals surface area contributed by atoms with Gasteiger partial charge < -0.3 is 5.32 Å². The lowest BCUT2D eigenvalue weighted by Gasteiger charge is -2.26. The highest BCUT2D eigenvalue weighted by Gasteiger charge is 2.31. The summed E-state index contributed by atoms with van der Waals surface area (Å²) in [4.78, 5) is 26.3. The Morgan fingerprint density at radius 1 is 1.24 bits per heavy atom. The van der Waals surface area contributed by atoms with Crippen LogP contribution in [-0.2, 0) is 20.6 Å². The molecule has 1 aromatic rings. The van der Waals surface area contributed by atoms with Gasteiger partial charge in [-0.05, 0) is 32.2 Å². The Morgan fingerprint density at radius 3 is 2.62 bits per heavy atom. The SMILES string of the molecule is Cn1c(CN(CC2CCCN2)C2CC2)cc(=O)n(C)c1=O. The van der Waals surface area contributed by atoms with Crippen molar-refractivity contribution in [2.45, 2.75) is 44.3 Å². The van der Waals surface area contributed by atoms with Crippen molar-refractivity contribution in [2.75, 3.05) is 13.1 Å². The van der Waals surface area contributed by atoms with Crippen LogP contribution in [0.1, 0.15) is 31.4 Å². The third kappa shape index (κ3) is 3.11. The molecule has 1 atom stereocenters. The quantitative estimate of drug-likeness (QED) is 0.816. The van der Waals surface area contributed by atoms with E-state index in [1.165, 1.54) is 32.7 Å². The van der Waals surface area contributed by atoms with Gasteiger partial charge in [-0.25, -0.2) is 4.79 Å². The molecule has 3 rings (SSSR count). The highest BCUT2D eigenvalue weighted by atomic mass is 16.2. The van der Waals surface area contributed by atoms with Gasteiger partial charge in [-0.1, -0.05) is 0 Å². The Hall–Kier alpha value is -1.40. The highest BCUT2D eigenvalue weighted by molar-refractivity contribution is 5.04. The van der Waals surface area contributed by atoms with Gasteiger partial charge in [-0.2, -0.15) is 0 Å². The summed E-state index contributed by atoms with van der Waals surface area (Å²) >= 11 is 0. The normalized spacial score (nSPS) is 22.1. The monoisotopic (exact) mass is 292 g/mol. The first-order valence-electron chi connectivity index (χ1n) is 7.79. The summed E-state index contributed by atoms with van der Waals surface area (Å²) in [7, 11) is 3.27. The molecule has 116 valence electrons. The van der Waals surface area contributed by atoms with Gasteiger partial charge in [0.1, 0.15) is 0 Å². The lowest BCUT2D eigenvalue weighted by molar-refractivity contribution is 0.225. The molecule has 6 heteroatoms. The maximum Gasteiger partial charge on any atom is 0.330 e. The maximum atomic E-state index is 12.0. The van der Waals surface area contributed by atoms with Crippen molar-refractivity contribution in [3.63, 3.8) is 0 Å². The van der Waals surface area contributed by atoms with E-state index < -0.39 is 0 Å². The van der Waals surface area contributed by atoms with Crippen LogP contribution < -0.4 is 16.6 Å². The Balaban J connectivity index is 1.79. The summed E-state index contributed by atoms with van der Waals surface area (Å²) in [6.45, 7) is 2.80. The average Bonchev–Trinajstić information content (AvgIpc) is 3.19. The summed E-state index contributed by atoms with van der Waals surface area (Å²) in [5, 5.41) is 3.53. The molecular formula is C15H24N4O2. The maximum absolute atomic E-state index is 12.0. The van der Waals surface area contributed by atoms with Gasteiger partial charge in [-0.15, -0.1) is 0 Å². The largest absolute Gasteiger partial charge is 0.330 e. The number of hydrogen-bond donors (Lipinski definition) is 1. The standard InChI is InChI=1S/C15H24N4O2/c1-17-13(8-14(20)18(2)15(17)21)10-19(12-5-6-12)9-11-4-3-7-16-11/h8,11-12,16H,3-7,9-10H2,1-2H3. The molecule has 0 bridgehead atoms. The molecule has 2 fully saturated rings. The van der Waals surface area contributed by atoms with Crippen LogP contribution >= 0.6 is 0 Å². The van der Waals surface area contributed by atoms with Gasteiger partial charge in [0.15, 0.2) is 0 Å². The third-order valence-electron chi connectivity index (χ3n) is 4.67. The average molecular weight is 292 g/mol. The van der Waals surface area contributed by atoms with E-state index in [4.69, 9.17) is 0 Å². The van der Waals surface area contributed by atoms with Crippen LogP contribution in [0.3, 0.4) is 0 Å². The van der Waals surface area contributed by atoms with Crippen LogP contribution in [0, 0.1) is 0 Å². The smallest absolute Gasteiger partial charge is 0.313 e. The van der Waals surface area contributed by atoms with Crippen molar-refractivity contribution in [1.29, 1.82) is 0 Å². The van der Waals surface area contributed by atoms with Gasteiger partial charge in [0.2, 0.25) is 0 Å². The number of aromatic nitrogens is 2.